The van der Waals surface area contributed by atoms with Gasteiger partial charge in [-0.05, 0) is 49.4 Å². The standard InChI is InChI=1S/C16H16Cl2N2O4S/c1-10(16(21)19-15-9-11(17)3-8-14(15)18)20-25(22,23)13-6-4-12(24-2)5-7-13/h3-10,20H,1-2H3,(H,19,21)/t10-/m0/s1. The van der Waals surface area contributed by atoms with Crippen LogP contribution < -0.4 is 14.8 Å². The number of benzene rings is 2. The lowest BCUT2D eigenvalue weighted by atomic mass is 10.3. The molecule has 9 heteroatoms. The second kappa shape index (κ2) is 8.05. The Kier molecular flexibility index (Phi) is 6.29. The molecule has 0 spiro atoms. The maximum Gasteiger partial charge on any atom is 0.242 e. The van der Waals surface area contributed by atoms with Crippen molar-refractivity contribution in [1.82, 2.24) is 4.72 Å². The molecular weight excluding hydrogens is 387 g/mol. The summed E-state index contributed by atoms with van der Waals surface area (Å²) in [6.45, 7) is 1.43. The SMILES string of the molecule is COc1ccc(S(=O)(=O)N[C@@H](C)C(=O)Nc2cc(Cl)ccc2Cl)cc1. The zero-order chi connectivity index (χ0) is 18.6. The molecule has 2 aromatic rings. The van der Waals surface area contributed by atoms with Gasteiger partial charge in [-0.1, -0.05) is 23.2 Å². The highest BCUT2D eigenvalue weighted by Crippen LogP contribution is 2.25. The number of sulfonamides is 1. The van der Waals surface area contributed by atoms with Crippen molar-refractivity contribution in [3.63, 3.8) is 0 Å². The molecule has 0 aliphatic heterocycles. The highest BCUT2D eigenvalue weighted by molar-refractivity contribution is 7.89. The molecular formula is C16H16Cl2N2O4S. The zero-order valence-electron chi connectivity index (χ0n) is 13.4. The van der Waals surface area contributed by atoms with Gasteiger partial charge in [0.25, 0.3) is 0 Å². The van der Waals surface area contributed by atoms with Crippen LogP contribution in [0.5, 0.6) is 5.75 Å². The maximum atomic E-state index is 12.3. The number of anilines is 1. The normalized spacial score (nSPS) is 12.5. The molecule has 0 saturated heterocycles. The second-order valence-electron chi connectivity index (χ2n) is 5.13. The quantitative estimate of drug-likeness (QED) is 0.775. The van der Waals surface area contributed by atoms with E-state index in [2.05, 4.69) is 10.0 Å². The van der Waals surface area contributed by atoms with Crippen LogP contribution >= 0.6 is 23.2 Å². The number of nitrogens with one attached hydrogen (secondary N) is 2. The molecule has 0 radical (unpaired) electrons. The molecule has 1 atom stereocenters. The van der Waals surface area contributed by atoms with Crippen molar-refractivity contribution in [2.75, 3.05) is 12.4 Å². The third-order valence-corrected chi connectivity index (χ3v) is 5.40. The summed E-state index contributed by atoms with van der Waals surface area (Å²) in [7, 11) is -2.38. The molecule has 0 aliphatic rings. The summed E-state index contributed by atoms with van der Waals surface area (Å²) in [6, 6.07) is 9.38. The Morgan fingerprint density at radius 2 is 1.76 bits per heavy atom. The van der Waals surface area contributed by atoms with Crippen molar-refractivity contribution >= 4 is 44.8 Å². The average Bonchev–Trinajstić information content (AvgIpc) is 2.57. The van der Waals surface area contributed by atoms with Crippen molar-refractivity contribution in [1.29, 1.82) is 0 Å². The van der Waals surface area contributed by atoms with E-state index in [0.29, 0.717) is 21.5 Å². The van der Waals surface area contributed by atoms with E-state index in [0.717, 1.165) is 0 Å². The van der Waals surface area contributed by atoms with Crippen molar-refractivity contribution < 1.29 is 17.9 Å². The first-order chi connectivity index (χ1) is 11.7. The molecule has 6 nitrogen and oxygen atoms in total. The highest BCUT2D eigenvalue weighted by Gasteiger charge is 2.22. The number of hydrogen-bond acceptors (Lipinski definition) is 4. The Balaban J connectivity index is 2.10. The van der Waals surface area contributed by atoms with Gasteiger partial charge in [0, 0.05) is 5.02 Å². The highest BCUT2D eigenvalue weighted by atomic mass is 35.5. The van der Waals surface area contributed by atoms with Crippen LogP contribution in [0.2, 0.25) is 10.0 Å². The molecule has 2 aromatic carbocycles. The maximum absolute atomic E-state index is 12.3. The first-order valence-corrected chi connectivity index (χ1v) is 9.39. The minimum absolute atomic E-state index is 0.0220. The van der Waals surface area contributed by atoms with Gasteiger partial charge in [-0.3, -0.25) is 4.79 Å². The number of ether oxygens (including phenoxy) is 1. The zero-order valence-corrected chi connectivity index (χ0v) is 15.7. The van der Waals surface area contributed by atoms with Crippen molar-refractivity contribution in [2.45, 2.75) is 17.9 Å². The Hall–Kier alpha value is -1.80. The van der Waals surface area contributed by atoms with E-state index in [1.807, 2.05) is 0 Å². The molecule has 0 aliphatic carbocycles. The van der Waals surface area contributed by atoms with Crippen LogP contribution in [0.1, 0.15) is 6.92 Å². The van der Waals surface area contributed by atoms with Gasteiger partial charge in [-0.25, -0.2) is 8.42 Å². The molecule has 2 rings (SSSR count). The van der Waals surface area contributed by atoms with Crippen molar-refractivity contribution in [2.24, 2.45) is 0 Å². The molecule has 25 heavy (non-hydrogen) atoms. The summed E-state index contributed by atoms with van der Waals surface area (Å²) in [5.74, 6) is -0.0402. The van der Waals surface area contributed by atoms with E-state index in [1.165, 1.54) is 50.4 Å². The summed E-state index contributed by atoms with van der Waals surface area (Å²) in [6.07, 6.45) is 0. The summed E-state index contributed by atoms with van der Waals surface area (Å²) in [5.41, 5.74) is 0.301. The molecule has 0 bridgehead atoms. The minimum Gasteiger partial charge on any atom is -0.497 e. The fourth-order valence-corrected chi connectivity index (χ4v) is 3.48. The Labute approximate surface area is 156 Å². The Morgan fingerprint density at radius 1 is 1.12 bits per heavy atom. The topological polar surface area (TPSA) is 84.5 Å². The molecule has 0 aromatic heterocycles. The molecule has 0 unspecified atom stereocenters. The van der Waals surface area contributed by atoms with Gasteiger partial charge in [0.1, 0.15) is 5.75 Å². The number of rotatable bonds is 6. The molecule has 2 N–H and O–H groups in total. The molecule has 1 amide bonds. The monoisotopic (exact) mass is 402 g/mol. The van der Waals surface area contributed by atoms with Crippen LogP contribution in [-0.2, 0) is 14.8 Å². The van der Waals surface area contributed by atoms with Crippen LogP contribution in [0.25, 0.3) is 0 Å². The van der Waals surface area contributed by atoms with E-state index in [9.17, 15) is 13.2 Å². The molecule has 134 valence electrons. The molecule has 0 fully saturated rings. The summed E-state index contributed by atoms with van der Waals surface area (Å²) in [4.78, 5) is 12.2. The van der Waals surface area contributed by atoms with E-state index in [1.54, 1.807) is 6.07 Å². The smallest absolute Gasteiger partial charge is 0.242 e. The van der Waals surface area contributed by atoms with Crippen molar-refractivity contribution in [3.05, 3.63) is 52.5 Å². The summed E-state index contributed by atoms with van der Waals surface area (Å²) in [5, 5.41) is 3.23. The van der Waals surface area contributed by atoms with Crippen molar-refractivity contribution in [3.8, 4) is 5.75 Å². The molecule has 0 heterocycles. The summed E-state index contributed by atoms with van der Waals surface area (Å²) < 4.78 is 32.0. The predicted molar refractivity (Wildman–Crippen MR) is 97.9 cm³/mol. The molecule has 0 saturated carbocycles. The van der Waals surface area contributed by atoms with Crippen LogP contribution in [-0.4, -0.2) is 27.5 Å². The Bertz CT molecular complexity index is 870. The van der Waals surface area contributed by atoms with Gasteiger partial charge in [0.05, 0.1) is 28.8 Å². The van der Waals surface area contributed by atoms with Gasteiger partial charge >= 0.3 is 0 Å². The predicted octanol–water partition coefficient (Wildman–Crippen LogP) is 3.31. The van der Waals surface area contributed by atoms with Crippen LogP contribution in [0.15, 0.2) is 47.4 Å². The fraction of sp³-hybridized carbons (Fsp3) is 0.188. The number of carbonyl (C=O) groups excluding carboxylic acids is 1. The summed E-state index contributed by atoms with van der Waals surface area (Å²) >= 11 is 11.8. The lowest BCUT2D eigenvalue weighted by Crippen LogP contribution is -2.41. The largest absolute Gasteiger partial charge is 0.497 e. The van der Waals surface area contributed by atoms with Crippen LogP contribution in [0.4, 0.5) is 5.69 Å². The number of halogens is 2. The van der Waals surface area contributed by atoms with Gasteiger partial charge < -0.3 is 10.1 Å². The van der Waals surface area contributed by atoms with Gasteiger partial charge in [-0.15, -0.1) is 0 Å². The number of methoxy groups -OCH3 is 1. The Morgan fingerprint density at radius 3 is 2.36 bits per heavy atom. The first-order valence-electron chi connectivity index (χ1n) is 7.15. The van der Waals surface area contributed by atoms with E-state index >= 15 is 0 Å². The van der Waals surface area contributed by atoms with Crippen LogP contribution in [0.3, 0.4) is 0 Å². The lowest BCUT2D eigenvalue weighted by Gasteiger charge is -2.15. The minimum atomic E-state index is -3.87. The van der Waals surface area contributed by atoms with Gasteiger partial charge in [0.15, 0.2) is 0 Å². The van der Waals surface area contributed by atoms with E-state index in [4.69, 9.17) is 27.9 Å². The van der Waals surface area contributed by atoms with E-state index in [-0.39, 0.29) is 4.90 Å². The number of amides is 1. The fourth-order valence-electron chi connectivity index (χ4n) is 1.94. The third-order valence-electron chi connectivity index (χ3n) is 3.28. The number of hydrogen-bond donors (Lipinski definition) is 2. The van der Waals surface area contributed by atoms with Crippen LogP contribution in [0, 0.1) is 0 Å². The van der Waals surface area contributed by atoms with Gasteiger partial charge in [-0.2, -0.15) is 4.72 Å². The van der Waals surface area contributed by atoms with Gasteiger partial charge in [0.2, 0.25) is 15.9 Å². The average molecular weight is 403 g/mol. The lowest BCUT2D eigenvalue weighted by molar-refractivity contribution is -0.117. The first kappa shape index (κ1) is 19.5. The second-order valence-corrected chi connectivity index (χ2v) is 7.69. The third kappa shape index (κ3) is 5.09. The van der Waals surface area contributed by atoms with E-state index < -0.39 is 22.0 Å². The number of carbonyl (C=O) groups is 1.